The molecule has 0 saturated heterocycles. The van der Waals surface area contributed by atoms with Gasteiger partial charge in [-0.15, -0.1) is 10.2 Å². The van der Waals surface area contributed by atoms with E-state index >= 15 is 0 Å². The number of tetrazole rings is 1. The number of hydrogen-bond donors (Lipinski definition) is 2. The summed E-state index contributed by atoms with van der Waals surface area (Å²) in [5, 5.41) is 24.4. The molecule has 134 valence electrons. The quantitative estimate of drug-likeness (QED) is 0.741. The van der Waals surface area contributed by atoms with Crippen LogP contribution in [0.4, 0.5) is 0 Å². The molecule has 2 N–H and O–H groups in total. The van der Waals surface area contributed by atoms with Crippen molar-refractivity contribution < 1.29 is 14.7 Å². The first-order chi connectivity index (χ1) is 11.9. The summed E-state index contributed by atoms with van der Waals surface area (Å²) < 4.78 is 0. The number of carbonyl (C=O) groups excluding carboxylic acids is 1. The molecule has 0 fully saturated rings. The fourth-order valence-electron chi connectivity index (χ4n) is 2.50. The maximum absolute atomic E-state index is 12.3. The Balaban J connectivity index is 2.05. The van der Waals surface area contributed by atoms with Crippen LogP contribution in [0.3, 0.4) is 0 Å². The van der Waals surface area contributed by atoms with Crippen molar-refractivity contribution in [2.45, 2.75) is 45.2 Å². The van der Waals surface area contributed by atoms with Crippen LogP contribution in [0.5, 0.6) is 0 Å². The van der Waals surface area contributed by atoms with Gasteiger partial charge in [0, 0.05) is 10.6 Å². The third-order valence-electron chi connectivity index (χ3n) is 4.09. The van der Waals surface area contributed by atoms with E-state index in [1.165, 1.54) is 4.80 Å². The first kappa shape index (κ1) is 18.9. The highest BCUT2D eigenvalue weighted by Crippen LogP contribution is 2.20. The van der Waals surface area contributed by atoms with Crippen LogP contribution >= 0.6 is 11.6 Å². The van der Waals surface area contributed by atoms with Gasteiger partial charge in [-0.25, -0.2) is 0 Å². The lowest BCUT2D eigenvalue weighted by atomic mass is 9.89. The molecule has 1 amide bonds. The van der Waals surface area contributed by atoms with Gasteiger partial charge in [-0.1, -0.05) is 25.4 Å². The Bertz CT molecular complexity index is 740. The molecule has 0 radical (unpaired) electrons. The zero-order valence-electron chi connectivity index (χ0n) is 14.1. The van der Waals surface area contributed by atoms with Crippen LogP contribution in [-0.4, -0.2) is 42.7 Å². The van der Waals surface area contributed by atoms with E-state index < -0.39 is 11.5 Å². The Morgan fingerprint density at radius 1 is 1.24 bits per heavy atom. The molecule has 1 heterocycles. The number of rotatable bonds is 8. The van der Waals surface area contributed by atoms with Crippen molar-refractivity contribution in [1.29, 1.82) is 0 Å². The first-order valence-electron chi connectivity index (χ1n) is 7.94. The van der Waals surface area contributed by atoms with E-state index in [2.05, 4.69) is 20.7 Å². The summed E-state index contributed by atoms with van der Waals surface area (Å²) in [5.74, 6) is -0.926. The highest BCUT2D eigenvalue weighted by Gasteiger charge is 2.31. The molecule has 0 aliphatic rings. The normalized spacial score (nSPS) is 11.3. The van der Waals surface area contributed by atoms with Crippen LogP contribution in [0, 0.1) is 0 Å². The average molecular weight is 366 g/mol. The molecule has 9 heteroatoms. The predicted molar refractivity (Wildman–Crippen MR) is 92.0 cm³/mol. The van der Waals surface area contributed by atoms with Crippen molar-refractivity contribution in [2.24, 2.45) is 0 Å². The maximum atomic E-state index is 12.3. The molecule has 1 aromatic carbocycles. The van der Waals surface area contributed by atoms with E-state index in [0.29, 0.717) is 23.7 Å². The number of aromatic nitrogens is 4. The minimum absolute atomic E-state index is 0.132. The Kier molecular flexibility index (Phi) is 6.08. The minimum Gasteiger partial charge on any atom is -0.481 e. The Morgan fingerprint density at radius 2 is 1.88 bits per heavy atom. The number of amides is 1. The maximum Gasteiger partial charge on any atom is 0.305 e. The molecule has 0 saturated carbocycles. The van der Waals surface area contributed by atoms with Crippen LogP contribution in [0.2, 0.25) is 5.02 Å². The molecule has 0 atom stereocenters. The fourth-order valence-corrected chi connectivity index (χ4v) is 2.62. The highest BCUT2D eigenvalue weighted by molar-refractivity contribution is 6.30. The number of carboxylic acids is 1. The summed E-state index contributed by atoms with van der Waals surface area (Å²) in [7, 11) is 0. The summed E-state index contributed by atoms with van der Waals surface area (Å²) in [4.78, 5) is 24.5. The zero-order chi connectivity index (χ0) is 18.4. The van der Waals surface area contributed by atoms with E-state index in [1.807, 2.05) is 13.8 Å². The third-order valence-corrected chi connectivity index (χ3v) is 4.34. The number of halogens is 1. The van der Waals surface area contributed by atoms with Crippen LogP contribution in [0.25, 0.3) is 11.4 Å². The molecule has 0 aliphatic heterocycles. The van der Waals surface area contributed by atoms with Gasteiger partial charge in [-0.05, 0) is 42.3 Å². The second-order valence-electron chi connectivity index (χ2n) is 5.76. The number of hydrogen-bond acceptors (Lipinski definition) is 5. The minimum atomic E-state index is -0.951. The van der Waals surface area contributed by atoms with Crippen molar-refractivity contribution in [1.82, 2.24) is 25.5 Å². The molecule has 0 spiro atoms. The van der Waals surface area contributed by atoms with Crippen LogP contribution < -0.4 is 5.32 Å². The lowest BCUT2D eigenvalue weighted by Crippen LogP contribution is -2.50. The van der Waals surface area contributed by atoms with Gasteiger partial charge in [-0.3, -0.25) is 9.59 Å². The van der Waals surface area contributed by atoms with Gasteiger partial charge in [0.05, 0.1) is 12.0 Å². The number of carboxylic acid groups (broad SMARTS) is 1. The van der Waals surface area contributed by atoms with Crippen molar-refractivity contribution in [2.75, 3.05) is 0 Å². The van der Waals surface area contributed by atoms with E-state index in [1.54, 1.807) is 24.3 Å². The molecule has 25 heavy (non-hydrogen) atoms. The predicted octanol–water partition coefficient (Wildman–Crippen LogP) is 2.14. The molecule has 2 rings (SSSR count). The third kappa shape index (κ3) is 4.99. The number of nitrogens with zero attached hydrogens (tertiary/aromatic N) is 4. The fraction of sp³-hybridized carbons (Fsp3) is 0.438. The van der Waals surface area contributed by atoms with E-state index in [9.17, 15) is 9.59 Å². The molecule has 0 bridgehead atoms. The van der Waals surface area contributed by atoms with Gasteiger partial charge < -0.3 is 10.4 Å². The number of aliphatic carboxylic acids is 1. The monoisotopic (exact) mass is 365 g/mol. The Morgan fingerprint density at radius 3 is 2.44 bits per heavy atom. The summed E-state index contributed by atoms with van der Waals surface area (Å²) in [5.41, 5.74) is -0.0407. The van der Waals surface area contributed by atoms with E-state index in [4.69, 9.17) is 16.7 Å². The highest BCUT2D eigenvalue weighted by atomic mass is 35.5. The van der Waals surface area contributed by atoms with Gasteiger partial charge >= 0.3 is 5.97 Å². The Labute approximate surface area is 150 Å². The van der Waals surface area contributed by atoms with Gasteiger partial charge in [0.15, 0.2) is 0 Å². The lowest BCUT2D eigenvalue weighted by Gasteiger charge is -2.31. The smallest absolute Gasteiger partial charge is 0.305 e. The summed E-state index contributed by atoms with van der Waals surface area (Å²) in [6.45, 7) is 3.56. The largest absolute Gasteiger partial charge is 0.481 e. The summed E-state index contributed by atoms with van der Waals surface area (Å²) in [6.07, 6.45) is 0.900. The first-order valence-corrected chi connectivity index (χ1v) is 8.32. The van der Waals surface area contributed by atoms with Gasteiger partial charge in [0.25, 0.3) is 0 Å². The van der Waals surface area contributed by atoms with Gasteiger partial charge in [0.2, 0.25) is 11.7 Å². The van der Waals surface area contributed by atoms with Crippen molar-refractivity contribution in [3.05, 3.63) is 29.3 Å². The van der Waals surface area contributed by atoms with Crippen molar-refractivity contribution in [3.63, 3.8) is 0 Å². The molecule has 2 aromatic rings. The molecule has 0 aliphatic carbocycles. The average Bonchev–Trinajstić information content (AvgIpc) is 3.02. The number of benzene rings is 1. The summed E-state index contributed by atoms with van der Waals surface area (Å²) in [6, 6.07) is 6.95. The topological polar surface area (TPSA) is 110 Å². The SMILES string of the molecule is CCC(CC)(CC(=O)O)NC(=O)Cn1nnc(-c2ccc(Cl)cc2)n1. The van der Waals surface area contributed by atoms with Crippen molar-refractivity contribution in [3.8, 4) is 11.4 Å². The molecule has 0 unspecified atom stereocenters. The second kappa shape index (κ2) is 8.06. The van der Waals surface area contributed by atoms with Gasteiger partial charge in [-0.2, -0.15) is 4.80 Å². The molecular formula is C16H20ClN5O3. The lowest BCUT2D eigenvalue weighted by molar-refractivity contribution is -0.139. The standard InChI is InChI=1S/C16H20ClN5O3/c1-3-16(4-2,9-14(24)25)18-13(23)10-22-20-15(19-21-22)11-5-7-12(17)8-6-11/h5-8H,3-4,9-10H2,1-2H3,(H,18,23)(H,24,25). The Hall–Kier alpha value is -2.48. The van der Waals surface area contributed by atoms with Crippen LogP contribution in [-0.2, 0) is 16.1 Å². The molecule has 1 aromatic heterocycles. The van der Waals surface area contributed by atoms with Crippen LogP contribution in [0.1, 0.15) is 33.1 Å². The van der Waals surface area contributed by atoms with Crippen molar-refractivity contribution >= 4 is 23.5 Å². The molecular weight excluding hydrogens is 346 g/mol. The molecule has 8 nitrogen and oxygen atoms in total. The number of carbonyl (C=O) groups is 2. The zero-order valence-corrected chi connectivity index (χ0v) is 14.8. The van der Waals surface area contributed by atoms with Gasteiger partial charge in [0.1, 0.15) is 6.54 Å². The summed E-state index contributed by atoms with van der Waals surface area (Å²) >= 11 is 5.84. The van der Waals surface area contributed by atoms with Crippen LogP contribution in [0.15, 0.2) is 24.3 Å². The van der Waals surface area contributed by atoms with E-state index in [0.717, 1.165) is 5.56 Å². The van der Waals surface area contributed by atoms with E-state index in [-0.39, 0.29) is 18.9 Å². The second-order valence-corrected chi connectivity index (χ2v) is 6.19. The number of nitrogens with one attached hydrogen (secondary N) is 1.